The van der Waals surface area contributed by atoms with E-state index in [0.29, 0.717) is 17.8 Å². The van der Waals surface area contributed by atoms with Crippen molar-refractivity contribution in [3.8, 4) is 5.75 Å². The van der Waals surface area contributed by atoms with E-state index in [1.807, 2.05) is 0 Å². The largest absolute Gasteiger partial charge is 0.487 e. The van der Waals surface area contributed by atoms with Crippen LogP contribution in [0.25, 0.3) is 10.9 Å². The van der Waals surface area contributed by atoms with Gasteiger partial charge in [0.15, 0.2) is 11.6 Å². The highest BCUT2D eigenvalue weighted by Crippen LogP contribution is 2.43. The zero-order chi connectivity index (χ0) is 23.2. The van der Waals surface area contributed by atoms with Gasteiger partial charge in [-0.3, -0.25) is 4.79 Å². The Kier molecular flexibility index (Phi) is 5.36. The number of oxime groups is 2. The Hall–Kier alpha value is -3.83. The van der Waals surface area contributed by atoms with E-state index in [4.69, 9.17) is 20.5 Å². The lowest BCUT2D eigenvalue weighted by atomic mass is 10.1. The molecule has 1 saturated heterocycles. The number of hydrogen-bond donors (Lipinski definition) is 3. The van der Waals surface area contributed by atoms with Crippen molar-refractivity contribution in [3.63, 3.8) is 0 Å². The zero-order valence-electron chi connectivity index (χ0n) is 17.4. The van der Waals surface area contributed by atoms with Gasteiger partial charge >= 0.3 is 5.97 Å². The number of amidine groups is 1. The summed E-state index contributed by atoms with van der Waals surface area (Å²) in [4.78, 5) is 31.0. The first-order chi connectivity index (χ1) is 15.3. The van der Waals surface area contributed by atoms with Crippen LogP contribution in [0, 0.1) is 11.7 Å². The van der Waals surface area contributed by atoms with E-state index in [0.717, 1.165) is 6.07 Å². The van der Waals surface area contributed by atoms with Gasteiger partial charge < -0.3 is 35.1 Å². The van der Waals surface area contributed by atoms with Gasteiger partial charge in [-0.1, -0.05) is 10.3 Å². The molecule has 0 saturated carbocycles. The number of aromatic nitrogens is 1. The highest BCUT2D eigenvalue weighted by Gasteiger charge is 2.38. The molecule has 1 unspecified atom stereocenters. The second-order valence-electron chi connectivity index (χ2n) is 7.64. The average Bonchev–Trinajstić information content (AvgIpc) is 3.18. The second-order valence-corrected chi connectivity index (χ2v) is 7.64. The summed E-state index contributed by atoms with van der Waals surface area (Å²) < 4.78 is 22.8. The Morgan fingerprint density at radius 2 is 2.22 bits per heavy atom. The number of hydrogen-bond acceptors (Lipinski definition) is 8. The Balaban J connectivity index is 1.92. The number of nitrogens with two attached hydrogens (primary N) is 1. The van der Waals surface area contributed by atoms with E-state index in [2.05, 4.69) is 10.3 Å². The molecule has 11 nitrogen and oxygen atoms in total. The van der Waals surface area contributed by atoms with Crippen molar-refractivity contribution in [1.29, 1.82) is 0 Å². The molecule has 3 heterocycles. The Bertz CT molecular complexity index is 1220. The minimum absolute atomic E-state index is 0.0805. The van der Waals surface area contributed by atoms with Gasteiger partial charge in [0.25, 0.3) is 0 Å². The summed E-state index contributed by atoms with van der Waals surface area (Å²) in [6.45, 7) is 4.26. The predicted molar refractivity (Wildman–Crippen MR) is 114 cm³/mol. The molecule has 1 fully saturated rings. The molecule has 0 spiro atoms. The lowest BCUT2D eigenvalue weighted by molar-refractivity contribution is 0.0694. The van der Waals surface area contributed by atoms with Crippen LogP contribution in [0.15, 0.2) is 27.4 Å². The van der Waals surface area contributed by atoms with Crippen molar-refractivity contribution in [3.05, 3.63) is 33.9 Å². The number of rotatable bonds is 5. The molecule has 1 aromatic carbocycles. The molecule has 12 heteroatoms. The van der Waals surface area contributed by atoms with Crippen molar-refractivity contribution < 1.29 is 29.1 Å². The maximum Gasteiger partial charge on any atom is 0.341 e. The molecule has 170 valence electrons. The van der Waals surface area contributed by atoms with Crippen molar-refractivity contribution >= 4 is 34.1 Å². The summed E-state index contributed by atoms with van der Waals surface area (Å²) in [7, 11) is 0. The number of ether oxygens (including phenoxy) is 1. The third-order valence-electron chi connectivity index (χ3n) is 5.63. The number of halogens is 1. The molecule has 2 aliphatic heterocycles. The molecule has 2 aliphatic rings. The number of pyridine rings is 1. The van der Waals surface area contributed by atoms with Crippen LogP contribution in [-0.2, 0) is 4.84 Å². The average molecular weight is 447 g/mol. The van der Waals surface area contributed by atoms with Gasteiger partial charge in [-0.2, -0.15) is 0 Å². The van der Waals surface area contributed by atoms with Gasteiger partial charge in [0, 0.05) is 12.7 Å². The summed E-state index contributed by atoms with van der Waals surface area (Å²) in [5.41, 5.74) is 5.41. The highest BCUT2D eigenvalue weighted by atomic mass is 19.1. The summed E-state index contributed by atoms with van der Waals surface area (Å²) in [6, 6.07) is 0.748. The standard InChI is InChI=1S/C20H22FN5O6/c1-3-32-24-14-7-25(5-11(14)19(22)23-30)16-13(21)4-10-15-18(16)31-8-9(2)26(15)6-12(17(10)27)20(28)29/h4,6,9,11,30H,3,5,7-8H2,1-2H3,(H2,22,23)(H,28,29)/b24-14+/t9-,11?/m0/s1. The van der Waals surface area contributed by atoms with Gasteiger partial charge in [-0.15, -0.1) is 0 Å². The molecular weight excluding hydrogens is 425 g/mol. The number of benzene rings is 1. The quantitative estimate of drug-likeness (QED) is 0.269. The van der Waals surface area contributed by atoms with Crippen molar-refractivity contribution in [2.45, 2.75) is 19.9 Å². The molecule has 2 aromatic rings. The summed E-state index contributed by atoms with van der Waals surface area (Å²) in [6.07, 6.45) is 1.26. The molecule has 0 radical (unpaired) electrons. The van der Waals surface area contributed by atoms with Crippen LogP contribution in [0.3, 0.4) is 0 Å². The monoisotopic (exact) mass is 447 g/mol. The minimum atomic E-state index is -1.39. The van der Waals surface area contributed by atoms with Crippen LogP contribution in [0.5, 0.6) is 5.75 Å². The predicted octanol–water partition coefficient (Wildman–Crippen LogP) is 1.37. The van der Waals surface area contributed by atoms with Crippen LogP contribution < -0.4 is 20.8 Å². The number of anilines is 1. The van der Waals surface area contributed by atoms with Crippen LogP contribution in [0.4, 0.5) is 10.1 Å². The van der Waals surface area contributed by atoms with Gasteiger partial charge in [-0.25, -0.2) is 9.18 Å². The van der Waals surface area contributed by atoms with Crippen molar-refractivity contribution in [2.24, 2.45) is 22.0 Å². The van der Waals surface area contributed by atoms with Gasteiger partial charge in [0.1, 0.15) is 30.3 Å². The molecule has 0 aliphatic carbocycles. The van der Waals surface area contributed by atoms with E-state index in [9.17, 15) is 14.7 Å². The molecule has 1 aromatic heterocycles. The second kappa shape index (κ2) is 8.02. The fraction of sp³-hybridized carbons (Fsp3) is 0.400. The first-order valence-electron chi connectivity index (χ1n) is 9.96. The number of carboxylic acids is 1. The minimum Gasteiger partial charge on any atom is -0.487 e. The molecule has 4 N–H and O–H groups in total. The molecule has 32 heavy (non-hydrogen) atoms. The van der Waals surface area contributed by atoms with Crippen LogP contribution in [0.2, 0.25) is 0 Å². The first kappa shape index (κ1) is 21.4. The Morgan fingerprint density at radius 1 is 1.47 bits per heavy atom. The third-order valence-corrected chi connectivity index (χ3v) is 5.63. The lowest BCUT2D eigenvalue weighted by Crippen LogP contribution is -2.31. The maximum atomic E-state index is 15.4. The van der Waals surface area contributed by atoms with E-state index < -0.39 is 28.7 Å². The van der Waals surface area contributed by atoms with Crippen LogP contribution >= 0.6 is 0 Å². The topological polar surface area (TPSA) is 152 Å². The first-order valence-corrected chi connectivity index (χ1v) is 9.96. The molecule has 2 atom stereocenters. The van der Waals surface area contributed by atoms with Gasteiger partial charge in [0.05, 0.1) is 35.1 Å². The van der Waals surface area contributed by atoms with E-state index in [-0.39, 0.29) is 48.4 Å². The van der Waals surface area contributed by atoms with E-state index >= 15 is 4.39 Å². The van der Waals surface area contributed by atoms with Crippen LogP contribution in [0.1, 0.15) is 30.2 Å². The Morgan fingerprint density at radius 3 is 2.88 bits per heavy atom. The van der Waals surface area contributed by atoms with Gasteiger partial charge in [-0.05, 0) is 19.9 Å². The summed E-state index contributed by atoms with van der Waals surface area (Å²) in [5, 5.41) is 25.5. The SMILES string of the molecule is CCO/N=C1\CN(c2c(F)cc3c(=O)c(C(=O)O)cn4c3c2OC[C@@H]4C)CC1/C(N)=N\O. The van der Waals surface area contributed by atoms with Gasteiger partial charge in [0.2, 0.25) is 5.43 Å². The van der Waals surface area contributed by atoms with Crippen LogP contribution in [-0.4, -0.2) is 58.7 Å². The number of aromatic carboxylic acids is 1. The van der Waals surface area contributed by atoms with E-state index in [1.54, 1.807) is 23.3 Å². The summed E-state index contributed by atoms with van der Waals surface area (Å²) >= 11 is 0. The molecule has 0 bridgehead atoms. The fourth-order valence-electron chi connectivity index (χ4n) is 4.10. The van der Waals surface area contributed by atoms with Crippen molar-refractivity contribution in [1.82, 2.24) is 4.57 Å². The zero-order valence-corrected chi connectivity index (χ0v) is 17.4. The van der Waals surface area contributed by atoms with Crippen molar-refractivity contribution in [2.75, 3.05) is 31.2 Å². The normalized spacial score (nSPS) is 21.8. The third kappa shape index (κ3) is 3.27. The number of carbonyl (C=O) groups is 1. The maximum absolute atomic E-state index is 15.4. The highest BCUT2D eigenvalue weighted by molar-refractivity contribution is 6.10. The van der Waals surface area contributed by atoms with E-state index in [1.165, 1.54) is 6.20 Å². The fourth-order valence-corrected chi connectivity index (χ4v) is 4.10. The summed E-state index contributed by atoms with van der Waals surface area (Å²) in [5.74, 6) is -2.73. The number of carboxylic acid groups (broad SMARTS) is 1. The molecule has 4 rings (SSSR count). The number of nitrogens with zero attached hydrogens (tertiary/aromatic N) is 4. The Labute approximate surface area is 181 Å². The smallest absolute Gasteiger partial charge is 0.341 e. The molecule has 0 amide bonds. The lowest BCUT2D eigenvalue weighted by Gasteiger charge is -2.31. The molecular formula is C20H22FN5O6.